The van der Waals surface area contributed by atoms with Gasteiger partial charge in [0.15, 0.2) is 11.5 Å². The van der Waals surface area contributed by atoms with E-state index in [0.717, 1.165) is 12.5 Å². The van der Waals surface area contributed by atoms with Crippen LogP contribution in [0.5, 0.6) is 0 Å². The van der Waals surface area contributed by atoms with Gasteiger partial charge in [-0.2, -0.15) is 0 Å². The van der Waals surface area contributed by atoms with E-state index in [4.69, 9.17) is 0 Å². The van der Waals surface area contributed by atoms with Crippen LogP contribution in [0.3, 0.4) is 0 Å². The zero-order valence-electron chi connectivity index (χ0n) is 12.4. The molecule has 0 aromatic carbocycles. The molecule has 0 spiro atoms. The van der Waals surface area contributed by atoms with Gasteiger partial charge in [-0.3, -0.25) is 0 Å². The number of carbonyl (C=O) groups excluding carboxylic acids is 2. The molecule has 2 aliphatic rings. The van der Waals surface area contributed by atoms with Gasteiger partial charge in [0.2, 0.25) is 0 Å². The Kier molecular flexibility index (Phi) is 6.27. The average Bonchev–Trinajstić information content (AvgIpc) is 2.97. The van der Waals surface area contributed by atoms with E-state index in [2.05, 4.69) is 20.1 Å². The van der Waals surface area contributed by atoms with E-state index in [9.17, 15) is 19.8 Å². The van der Waals surface area contributed by atoms with Crippen molar-refractivity contribution < 1.29 is 45.8 Å². The molecule has 0 saturated carbocycles. The Bertz CT molecular complexity index is 592. The Morgan fingerprint density at radius 2 is 1.26 bits per heavy atom. The first kappa shape index (κ1) is 18.6. The van der Waals surface area contributed by atoms with E-state index in [1.165, 1.54) is 0 Å². The first-order valence-corrected chi connectivity index (χ1v) is 6.52. The van der Waals surface area contributed by atoms with Crippen LogP contribution in [0.2, 0.25) is 0 Å². The van der Waals surface area contributed by atoms with Gasteiger partial charge in [-0.1, -0.05) is 0 Å². The number of aliphatic hydroxyl groups is 2. The molecular weight excluding hydrogens is 351 g/mol. The number of hydrogen-bond donors (Lipinski definition) is 4. The second kappa shape index (κ2) is 7.73. The molecule has 0 aliphatic carbocycles. The topological polar surface area (TPSA) is 117 Å². The summed E-state index contributed by atoms with van der Waals surface area (Å²) in [6.45, 7) is 4.11. The molecule has 0 aromatic heterocycles. The van der Waals surface area contributed by atoms with E-state index >= 15 is 0 Å². The molecule has 4 N–H and O–H groups in total. The summed E-state index contributed by atoms with van der Waals surface area (Å²) in [6, 6.07) is 0. The normalized spacial score (nSPS) is 20.8. The molecule has 8 nitrogen and oxygen atoms in total. The minimum absolute atomic E-state index is 0. The number of esters is 2. The summed E-state index contributed by atoms with van der Waals surface area (Å²) in [5.41, 5.74) is 1.14. The van der Waals surface area contributed by atoms with Gasteiger partial charge in [-0.05, 0) is 13.8 Å². The van der Waals surface area contributed by atoms with Crippen LogP contribution >= 0.6 is 0 Å². The van der Waals surface area contributed by atoms with Crippen LogP contribution in [0.1, 0.15) is 13.8 Å². The van der Waals surface area contributed by atoms with Crippen molar-refractivity contribution in [2.24, 2.45) is 0 Å². The van der Waals surface area contributed by atoms with Crippen molar-refractivity contribution in [1.29, 1.82) is 0 Å². The molecule has 2 aliphatic heterocycles. The molecule has 0 amide bonds. The van der Waals surface area contributed by atoms with Crippen LogP contribution in [-0.4, -0.2) is 35.2 Å². The minimum Gasteiger partial charge on any atom is -0.504 e. The third-order valence-electron chi connectivity index (χ3n) is 3.13. The van der Waals surface area contributed by atoms with Crippen LogP contribution in [0.15, 0.2) is 46.6 Å². The molecule has 23 heavy (non-hydrogen) atoms. The van der Waals surface area contributed by atoms with Gasteiger partial charge in [0, 0.05) is 24.5 Å². The van der Waals surface area contributed by atoms with Gasteiger partial charge in [0.25, 0.3) is 0 Å². The summed E-state index contributed by atoms with van der Waals surface area (Å²) in [6.07, 6.45) is 1.97. The molecule has 0 aromatic rings. The average molecular weight is 367 g/mol. The molecule has 0 saturated heterocycles. The van der Waals surface area contributed by atoms with E-state index < -0.39 is 11.9 Å². The van der Waals surface area contributed by atoms with E-state index in [1.807, 2.05) is 0 Å². The number of carbonyl (C=O) groups is 2. The second-order valence-corrected chi connectivity index (χ2v) is 4.67. The van der Waals surface area contributed by atoms with Crippen molar-refractivity contribution in [2.75, 3.05) is 13.1 Å². The Labute approximate surface area is 142 Å². The zero-order valence-corrected chi connectivity index (χ0v) is 13.4. The Morgan fingerprint density at radius 3 is 1.52 bits per heavy atom. The van der Waals surface area contributed by atoms with Crippen molar-refractivity contribution in [3.8, 4) is 0 Å². The number of ether oxygens (including phenoxy) is 2. The Balaban J connectivity index is 0.00000264. The van der Waals surface area contributed by atoms with Crippen LogP contribution < -0.4 is 10.6 Å². The predicted octanol–water partition coefficient (Wildman–Crippen LogP) is 0.623. The SMILES string of the molecule is C/C(NCCN/C(C)=C1/C(=O)OC=C1O)=C1\C(=O)OC=C1O.[Ni+2]. The molecule has 2 heterocycles. The number of hydrogen-bond acceptors (Lipinski definition) is 8. The van der Waals surface area contributed by atoms with E-state index in [-0.39, 0.29) is 39.2 Å². The number of rotatable bonds is 5. The maximum absolute atomic E-state index is 11.4. The molecule has 0 fully saturated rings. The molecule has 0 bridgehead atoms. The van der Waals surface area contributed by atoms with Gasteiger partial charge in [0.05, 0.1) is 0 Å². The standard InChI is InChI=1S/C14H16N2O6.Ni/c1-7(11-9(17)5-21-13(11)19)15-3-4-16-8(2)12-10(18)6-22-14(12)20;/h5-6,15-18H,3-4H2,1-2H3;/q;+2/b11-7+,12-8+;. The number of aliphatic hydroxyl groups excluding tert-OH is 2. The predicted molar refractivity (Wildman–Crippen MR) is 75.0 cm³/mol. The molecule has 126 valence electrons. The summed E-state index contributed by atoms with van der Waals surface area (Å²) in [7, 11) is 0. The zero-order chi connectivity index (χ0) is 16.3. The van der Waals surface area contributed by atoms with Gasteiger partial charge in [-0.15, -0.1) is 0 Å². The fourth-order valence-corrected chi connectivity index (χ4v) is 2.03. The van der Waals surface area contributed by atoms with Crippen LogP contribution in [-0.2, 0) is 35.6 Å². The summed E-state index contributed by atoms with van der Waals surface area (Å²) in [5.74, 6) is -1.66. The summed E-state index contributed by atoms with van der Waals surface area (Å²) in [4.78, 5) is 22.7. The molecule has 2 rings (SSSR count). The fourth-order valence-electron chi connectivity index (χ4n) is 2.03. The van der Waals surface area contributed by atoms with Crippen LogP contribution in [0.4, 0.5) is 0 Å². The summed E-state index contributed by atoms with van der Waals surface area (Å²) in [5, 5.41) is 24.9. The van der Waals surface area contributed by atoms with Gasteiger partial charge >= 0.3 is 28.4 Å². The molecule has 9 heteroatoms. The first-order valence-electron chi connectivity index (χ1n) is 6.52. The third kappa shape index (κ3) is 4.07. The maximum atomic E-state index is 11.4. The van der Waals surface area contributed by atoms with Crippen LogP contribution in [0, 0.1) is 0 Å². The van der Waals surface area contributed by atoms with E-state index in [1.54, 1.807) is 13.8 Å². The fraction of sp³-hybridized carbons (Fsp3) is 0.286. The number of allylic oxidation sites excluding steroid dienone is 2. The van der Waals surface area contributed by atoms with Crippen molar-refractivity contribution in [2.45, 2.75) is 13.8 Å². The maximum Gasteiger partial charge on any atom is 2.00 e. The molecule has 0 unspecified atom stereocenters. The van der Waals surface area contributed by atoms with Gasteiger partial charge in [0.1, 0.15) is 23.7 Å². The Morgan fingerprint density at radius 1 is 0.913 bits per heavy atom. The molecular formula is C14H16N2NiO6+2. The largest absolute Gasteiger partial charge is 2.00 e. The van der Waals surface area contributed by atoms with Crippen molar-refractivity contribution >= 4 is 11.9 Å². The Hall–Kier alpha value is -2.41. The first-order chi connectivity index (χ1) is 10.4. The monoisotopic (exact) mass is 366 g/mol. The van der Waals surface area contributed by atoms with Gasteiger partial charge in [-0.25, -0.2) is 9.59 Å². The van der Waals surface area contributed by atoms with Crippen molar-refractivity contribution in [1.82, 2.24) is 10.6 Å². The summed E-state index contributed by atoms with van der Waals surface area (Å²) >= 11 is 0. The summed E-state index contributed by atoms with van der Waals surface area (Å²) < 4.78 is 9.15. The second-order valence-electron chi connectivity index (χ2n) is 4.67. The number of cyclic esters (lactones) is 2. The van der Waals surface area contributed by atoms with E-state index in [0.29, 0.717) is 24.5 Å². The quantitative estimate of drug-likeness (QED) is 0.242. The molecule has 0 atom stereocenters. The van der Waals surface area contributed by atoms with Crippen LogP contribution in [0.25, 0.3) is 0 Å². The smallest absolute Gasteiger partial charge is 0.504 e. The van der Waals surface area contributed by atoms with Gasteiger partial charge < -0.3 is 30.3 Å². The van der Waals surface area contributed by atoms with Crippen molar-refractivity contribution in [3.05, 3.63) is 46.6 Å². The molecule has 0 radical (unpaired) electrons. The number of nitrogens with one attached hydrogen (secondary N) is 2. The minimum atomic E-state index is -0.613. The van der Waals surface area contributed by atoms with Crippen molar-refractivity contribution in [3.63, 3.8) is 0 Å². The third-order valence-corrected chi connectivity index (χ3v) is 3.13.